The van der Waals surface area contributed by atoms with Crippen LogP contribution in [-0.4, -0.2) is 48.4 Å². The average Bonchev–Trinajstić information content (AvgIpc) is 3.08. The molecule has 0 unspecified atom stereocenters. The first-order valence-corrected chi connectivity index (χ1v) is 7.89. The molecule has 7 heteroatoms. The van der Waals surface area contributed by atoms with Crippen molar-refractivity contribution < 1.29 is 4.79 Å². The monoisotopic (exact) mass is 300 g/mol. The van der Waals surface area contributed by atoms with Crippen LogP contribution in [0.1, 0.15) is 53.7 Å². The van der Waals surface area contributed by atoms with Gasteiger partial charge in [-0.05, 0) is 25.8 Å². The maximum atomic E-state index is 12.3. The molecule has 0 radical (unpaired) electrons. The highest BCUT2D eigenvalue weighted by atomic mass is 16.2. The largest absolute Gasteiger partial charge is 0.336 e. The molecular weight excluding hydrogens is 280 g/mol. The molecule has 2 aliphatic rings. The molecule has 2 fully saturated rings. The Morgan fingerprint density at radius 2 is 2.05 bits per heavy atom. The Hall–Kier alpha value is -2.18. The van der Waals surface area contributed by atoms with Gasteiger partial charge in [0, 0.05) is 38.8 Å². The third-order valence-electron chi connectivity index (χ3n) is 4.47. The predicted molar refractivity (Wildman–Crippen MR) is 79.5 cm³/mol. The van der Waals surface area contributed by atoms with Gasteiger partial charge in [-0.1, -0.05) is 0 Å². The fourth-order valence-corrected chi connectivity index (χ4v) is 2.91. The van der Waals surface area contributed by atoms with Gasteiger partial charge in [0.2, 0.25) is 0 Å². The molecule has 1 aliphatic heterocycles. The van der Waals surface area contributed by atoms with E-state index in [9.17, 15) is 4.79 Å². The second-order valence-corrected chi connectivity index (χ2v) is 6.19. The van der Waals surface area contributed by atoms with Gasteiger partial charge in [0.05, 0.1) is 5.92 Å². The molecule has 1 saturated carbocycles. The van der Waals surface area contributed by atoms with Crippen LogP contribution in [0.3, 0.4) is 0 Å². The number of rotatable bonds is 4. The molecule has 0 aromatic carbocycles. The Morgan fingerprint density at radius 3 is 2.68 bits per heavy atom. The first-order valence-electron chi connectivity index (χ1n) is 7.89. The van der Waals surface area contributed by atoms with Crippen LogP contribution in [0, 0.1) is 0 Å². The summed E-state index contributed by atoms with van der Waals surface area (Å²) in [7, 11) is 1.95. The van der Waals surface area contributed by atoms with Crippen molar-refractivity contribution in [2.45, 2.75) is 38.1 Å². The van der Waals surface area contributed by atoms with Crippen molar-refractivity contribution in [1.29, 1.82) is 0 Å². The molecule has 0 spiro atoms. The molecule has 1 aliphatic carbocycles. The van der Waals surface area contributed by atoms with E-state index in [0.717, 1.165) is 18.2 Å². The quantitative estimate of drug-likeness (QED) is 0.849. The van der Waals surface area contributed by atoms with E-state index in [-0.39, 0.29) is 5.91 Å². The summed E-state index contributed by atoms with van der Waals surface area (Å²) in [4.78, 5) is 18.9. The first-order chi connectivity index (χ1) is 10.7. The van der Waals surface area contributed by atoms with Gasteiger partial charge in [0.15, 0.2) is 5.82 Å². The summed E-state index contributed by atoms with van der Waals surface area (Å²) in [5.74, 6) is 2.85. The summed E-state index contributed by atoms with van der Waals surface area (Å²) in [6.45, 7) is 4.19. The average molecular weight is 300 g/mol. The minimum Gasteiger partial charge on any atom is -0.336 e. The number of amides is 1. The van der Waals surface area contributed by atoms with E-state index in [0.29, 0.717) is 30.6 Å². The molecule has 22 heavy (non-hydrogen) atoms. The lowest BCUT2D eigenvalue weighted by Gasteiger charge is -2.38. The van der Waals surface area contributed by atoms with E-state index >= 15 is 0 Å². The molecule has 0 N–H and O–H groups in total. The molecular formula is C15H20N6O. The van der Waals surface area contributed by atoms with E-state index in [1.165, 1.54) is 12.8 Å². The van der Waals surface area contributed by atoms with Crippen LogP contribution < -0.4 is 0 Å². The van der Waals surface area contributed by atoms with Gasteiger partial charge >= 0.3 is 0 Å². The molecule has 1 amide bonds. The van der Waals surface area contributed by atoms with Crippen molar-refractivity contribution in [3.63, 3.8) is 0 Å². The second-order valence-electron chi connectivity index (χ2n) is 6.19. The summed E-state index contributed by atoms with van der Waals surface area (Å²) in [6, 6.07) is 1.78. The summed E-state index contributed by atoms with van der Waals surface area (Å²) >= 11 is 0. The smallest absolute Gasteiger partial charge is 0.274 e. The molecule has 2 aromatic rings. The van der Waals surface area contributed by atoms with E-state index in [4.69, 9.17) is 0 Å². The predicted octanol–water partition coefficient (Wildman–Crippen LogP) is 1.15. The summed E-state index contributed by atoms with van der Waals surface area (Å²) in [5.41, 5.74) is 0.525. The zero-order chi connectivity index (χ0) is 15.3. The number of aromatic nitrogens is 5. The SMILES string of the molecule is CCn1ccc(C(=O)N2CC(c3nc(C4CC4)nn3C)C2)n1. The highest BCUT2D eigenvalue weighted by Gasteiger charge is 2.37. The van der Waals surface area contributed by atoms with Crippen molar-refractivity contribution in [1.82, 2.24) is 29.4 Å². The highest BCUT2D eigenvalue weighted by Crippen LogP contribution is 2.39. The van der Waals surface area contributed by atoms with Crippen LogP contribution in [0.25, 0.3) is 0 Å². The maximum absolute atomic E-state index is 12.3. The van der Waals surface area contributed by atoms with Crippen LogP contribution in [0.15, 0.2) is 12.3 Å². The van der Waals surface area contributed by atoms with Gasteiger partial charge in [-0.15, -0.1) is 0 Å². The topological polar surface area (TPSA) is 68.8 Å². The minimum atomic E-state index is 0.00744. The lowest BCUT2D eigenvalue weighted by atomic mass is 9.99. The number of hydrogen-bond donors (Lipinski definition) is 0. The van der Waals surface area contributed by atoms with Gasteiger partial charge < -0.3 is 4.90 Å². The second kappa shape index (κ2) is 4.93. The Kier molecular flexibility index (Phi) is 3.02. The fraction of sp³-hybridized carbons (Fsp3) is 0.600. The normalized spacial score (nSPS) is 18.5. The van der Waals surface area contributed by atoms with Crippen molar-refractivity contribution >= 4 is 5.91 Å². The minimum absolute atomic E-state index is 0.00744. The molecule has 4 rings (SSSR count). The van der Waals surface area contributed by atoms with Crippen molar-refractivity contribution in [3.05, 3.63) is 29.6 Å². The summed E-state index contributed by atoms with van der Waals surface area (Å²) in [5, 5.41) is 8.78. The number of hydrogen-bond acceptors (Lipinski definition) is 4. The molecule has 0 atom stereocenters. The lowest BCUT2D eigenvalue weighted by Crippen LogP contribution is -2.49. The third-order valence-corrected chi connectivity index (χ3v) is 4.47. The Balaban J connectivity index is 1.42. The van der Waals surface area contributed by atoms with Crippen molar-refractivity contribution in [2.75, 3.05) is 13.1 Å². The Morgan fingerprint density at radius 1 is 1.27 bits per heavy atom. The van der Waals surface area contributed by atoms with E-state index in [1.54, 1.807) is 10.7 Å². The van der Waals surface area contributed by atoms with Crippen molar-refractivity contribution in [3.8, 4) is 0 Å². The number of carbonyl (C=O) groups excluding carboxylic acids is 1. The Labute approximate surface area is 128 Å². The Bertz CT molecular complexity index is 707. The number of carbonyl (C=O) groups is 1. The van der Waals surface area contributed by atoms with Crippen LogP contribution in [0.4, 0.5) is 0 Å². The van der Waals surface area contributed by atoms with Crippen LogP contribution in [0.2, 0.25) is 0 Å². The molecule has 2 aromatic heterocycles. The third kappa shape index (κ3) is 2.20. The van der Waals surface area contributed by atoms with Crippen LogP contribution in [0.5, 0.6) is 0 Å². The summed E-state index contributed by atoms with van der Waals surface area (Å²) < 4.78 is 3.65. The van der Waals surface area contributed by atoms with Crippen LogP contribution >= 0.6 is 0 Å². The van der Waals surface area contributed by atoms with E-state index in [2.05, 4.69) is 15.2 Å². The maximum Gasteiger partial charge on any atom is 0.274 e. The highest BCUT2D eigenvalue weighted by molar-refractivity contribution is 5.92. The van der Waals surface area contributed by atoms with Gasteiger partial charge in [0.25, 0.3) is 5.91 Å². The summed E-state index contributed by atoms with van der Waals surface area (Å²) in [6.07, 6.45) is 4.26. The molecule has 1 saturated heterocycles. The van der Waals surface area contributed by atoms with Gasteiger partial charge in [-0.2, -0.15) is 10.2 Å². The van der Waals surface area contributed by atoms with E-state index < -0.39 is 0 Å². The zero-order valence-corrected chi connectivity index (χ0v) is 12.9. The first kappa shape index (κ1) is 13.5. The zero-order valence-electron chi connectivity index (χ0n) is 12.9. The van der Waals surface area contributed by atoms with Gasteiger partial charge in [-0.3, -0.25) is 14.2 Å². The molecule has 116 valence electrons. The number of likely N-dealkylation sites (tertiary alicyclic amines) is 1. The fourth-order valence-electron chi connectivity index (χ4n) is 2.91. The van der Waals surface area contributed by atoms with Gasteiger partial charge in [-0.25, -0.2) is 4.98 Å². The lowest BCUT2D eigenvalue weighted by molar-refractivity contribution is 0.0584. The van der Waals surface area contributed by atoms with E-state index in [1.807, 2.05) is 29.7 Å². The van der Waals surface area contributed by atoms with Crippen LogP contribution in [-0.2, 0) is 13.6 Å². The standard InChI is InChI=1S/C15H20N6O/c1-3-21-7-6-12(17-21)15(22)20-8-11(9-20)14-16-13(10-4-5-10)18-19(14)2/h6-7,10-11H,3-5,8-9H2,1-2H3. The number of aryl methyl sites for hydroxylation is 2. The molecule has 7 nitrogen and oxygen atoms in total. The van der Waals surface area contributed by atoms with Crippen molar-refractivity contribution in [2.24, 2.45) is 7.05 Å². The molecule has 3 heterocycles. The van der Waals surface area contributed by atoms with Gasteiger partial charge in [0.1, 0.15) is 11.5 Å². The molecule has 0 bridgehead atoms. The number of nitrogens with zero attached hydrogens (tertiary/aromatic N) is 6.